The van der Waals surface area contributed by atoms with Gasteiger partial charge < -0.3 is 4.74 Å². The summed E-state index contributed by atoms with van der Waals surface area (Å²) in [6.07, 6.45) is 10.7. The molecule has 4 aliphatic rings. The van der Waals surface area contributed by atoms with Crippen molar-refractivity contribution in [1.29, 1.82) is 0 Å². The van der Waals surface area contributed by atoms with E-state index in [-0.39, 0.29) is 0 Å². The van der Waals surface area contributed by atoms with Crippen molar-refractivity contribution in [3.8, 4) is 5.75 Å². The van der Waals surface area contributed by atoms with E-state index in [2.05, 4.69) is 74.3 Å². The minimum absolute atomic E-state index is 0.457. The number of benzene rings is 3. The second-order valence-electron chi connectivity index (χ2n) is 10.6. The summed E-state index contributed by atoms with van der Waals surface area (Å²) in [6, 6.07) is 23.4. The van der Waals surface area contributed by atoms with Crippen LogP contribution in [0.5, 0.6) is 5.75 Å². The number of hydrogen-bond donors (Lipinski definition) is 0. The van der Waals surface area contributed by atoms with Crippen molar-refractivity contribution in [2.45, 2.75) is 50.5 Å². The number of hydrogen-bond acceptors (Lipinski definition) is 2. The van der Waals surface area contributed by atoms with Gasteiger partial charge in [-0.2, -0.15) is 0 Å². The molecule has 0 aromatic heterocycles. The Hall–Kier alpha value is -1.91. The first-order chi connectivity index (χ1) is 16.5. The zero-order valence-electron chi connectivity index (χ0n) is 19.2. The highest BCUT2D eigenvalue weighted by Crippen LogP contribution is 2.60. The Kier molecular flexibility index (Phi) is 6.15. The lowest BCUT2D eigenvalue weighted by Crippen LogP contribution is -2.48. The van der Waals surface area contributed by atoms with Crippen molar-refractivity contribution in [2.75, 3.05) is 0 Å². The molecule has 174 valence electrons. The summed E-state index contributed by atoms with van der Waals surface area (Å²) in [4.78, 5) is 4.73. The standard InChI is InChI=1S/C30H29Br2NO/c31-26-6-3-24(29(32)14-26)19-34-28-9-1-20(2-10-28)18-33-27-7-4-25(5-8-27)30-15-21-11-22(16-30)13-23(12-21)17-30/h1-10,14,18,21-23H,11-13,15-17,19H2. The number of nitrogens with zero attached hydrogens (tertiary/aromatic N) is 1. The zero-order chi connectivity index (χ0) is 23.1. The van der Waals surface area contributed by atoms with E-state index in [1.807, 2.05) is 30.5 Å². The second kappa shape index (κ2) is 9.28. The molecule has 0 aliphatic heterocycles. The van der Waals surface area contributed by atoms with Crippen molar-refractivity contribution < 1.29 is 4.74 Å². The highest BCUT2D eigenvalue weighted by atomic mass is 79.9. The first-order valence-corrected chi connectivity index (χ1v) is 13.9. The molecule has 0 spiro atoms. The van der Waals surface area contributed by atoms with Crippen LogP contribution in [0.4, 0.5) is 5.69 Å². The lowest BCUT2D eigenvalue weighted by Gasteiger charge is -2.57. The molecular formula is C30H29Br2NO. The van der Waals surface area contributed by atoms with Gasteiger partial charge >= 0.3 is 0 Å². The summed E-state index contributed by atoms with van der Waals surface area (Å²) in [5.74, 6) is 3.79. The fourth-order valence-corrected chi connectivity index (χ4v) is 8.13. The van der Waals surface area contributed by atoms with E-state index in [1.54, 1.807) is 5.56 Å². The molecule has 0 radical (unpaired) electrons. The third kappa shape index (κ3) is 4.64. The molecule has 3 aromatic rings. The lowest BCUT2D eigenvalue weighted by atomic mass is 9.48. The normalized spacial score (nSPS) is 27.4. The van der Waals surface area contributed by atoms with Crippen molar-refractivity contribution in [3.63, 3.8) is 0 Å². The highest BCUT2D eigenvalue weighted by molar-refractivity contribution is 9.11. The van der Waals surface area contributed by atoms with Gasteiger partial charge in [-0.3, -0.25) is 4.99 Å². The molecule has 2 nitrogen and oxygen atoms in total. The third-order valence-corrected chi connectivity index (χ3v) is 9.40. The van der Waals surface area contributed by atoms with Gasteiger partial charge in [0, 0.05) is 20.7 Å². The Morgan fingerprint density at radius 1 is 0.824 bits per heavy atom. The Labute approximate surface area is 219 Å². The molecule has 0 N–H and O–H groups in total. The average molecular weight is 579 g/mol. The maximum Gasteiger partial charge on any atom is 0.119 e. The molecule has 3 aromatic carbocycles. The Morgan fingerprint density at radius 3 is 2.09 bits per heavy atom. The molecule has 4 heteroatoms. The van der Waals surface area contributed by atoms with Crippen LogP contribution in [0.15, 0.2) is 80.7 Å². The summed E-state index contributed by atoms with van der Waals surface area (Å²) >= 11 is 7.08. The van der Waals surface area contributed by atoms with E-state index in [0.29, 0.717) is 12.0 Å². The van der Waals surface area contributed by atoms with E-state index in [4.69, 9.17) is 9.73 Å². The summed E-state index contributed by atoms with van der Waals surface area (Å²) < 4.78 is 8.05. The first-order valence-electron chi connectivity index (χ1n) is 12.4. The van der Waals surface area contributed by atoms with Crippen LogP contribution in [0, 0.1) is 17.8 Å². The quantitative estimate of drug-likeness (QED) is 0.267. The SMILES string of the molecule is Brc1ccc(COc2ccc(C=Nc3ccc(C45CC6CC(CC(C6)C4)C5)cc3)cc2)c(Br)c1. The molecule has 7 rings (SSSR count). The Bertz CT molecular complexity index is 1160. The van der Waals surface area contributed by atoms with Gasteiger partial charge in [0.15, 0.2) is 0 Å². The molecular weight excluding hydrogens is 550 g/mol. The molecule has 0 amide bonds. The summed E-state index contributed by atoms with van der Waals surface area (Å²) in [6.45, 7) is 0.525. The topological polar surface area (TPSA) is 21.6 Å². The third-order valence-electron chi connectivity index (χ3n) is 8.17. The van der Waals surface area contributed by atoms with Gasteiger partial charge in [-0.1, -0.05) is 50.1 Å². The van der Waals surface area contributed by atoms with Crippen molar-refractivity contribution in [3.05, 3.63) is 92.4 Å². The molecule has 0 heterocycles. The number of rotatable bonds is 6. The smallest absolute Gasteiger partial charge is 0.119 e. The summed E-state index contributed by atoms with van der Waals surface area (Å²) in [5, 5.41) is 0. The van der Waals surface area contributed by atoms with E-state index >= 15 is 0 Å². The fourth-order valence-electron chi connectivity index (χ4n) is 6.96. The van der Waals surface area contributed by atoms with Crippen LogP contribution in [-0.2, 0) is 12.0 Å². The van der Waals surface area contributed by atoms with Crippen LogP contribution in [0.1, 0.15) is 55.2 Å². The van der Waals surface area contributed by atoms with E-state index in [1.165, 1.54) is 38.5 Å². The van der Waals surface area contributed by atoms with Crippen LogP contribution < -0.4 is 4.74 Å². The monoisotopic (exact) mass is 577 g/mol. The van der Waals surface area contributed by atoms with Gasteiger partial charge in [0.1, 0.15) is 12.4 Å². The van der Waals surface area contributed by atoms with Crippen LogP contribution in [0.2, 0.25) is 0 Å². The molecule has 0 atom stereocenters. The van der Waals surface area contributed by atoms with Crippen LogP contribution in [-0.4, -0.2) is 6.21 Å². The average Bonchev–Trinajstić information content (AvgIpc) is 2.82. The van der Waals surface area contributed by atoms with E-state index in [0.717, 1.165) is 49.3 Å². The molecule has 0 unspecified atom stereocenters. The molecule has 0 saturated heterocycles. The van der Waals surface area contributed by atoms with Crippen LogP contribution in [0.3, 0.4) is 0 Å². The van der Waals surface area contributed by atoms with Crippen molar-refractivity contribution >= 4 is 43.8 Å². The largest absolute Gasteiger partial charge is 0.489 e. The fraction of sp³-hybridized carbons (Fsp3) is 0.367. The van der Waals surface area contributed by atoms with Gasteiger partial charge in [0.05, 0.1) is 5.69 Å². The molecule has 4 aliphatic carbocycles. The molecule has 4 bridgehead atoms. The second-order valence-corrected chi connectivity index (χ2v) is 12.4. The first kappa shape index (κ1) is 22.5. The van der Waals surface area contributed by atoms with Gasteiger partial charge in [0.2, 0.25) is 0 Å². The predicted molar refractivity (Wildman–Crippen MR) is 146 cm³/mol. The Balaban J connectivity index is 1.08. The number of ether oxygens (including phenoxy) is 1. The maximum atomic E-state index is 5.95. The van der Waals surface area contributed by atoms with Gasteiger partial charge in [-0.05, 0) is 121 Å². The van der Waals surface area contributed by atoms with Crippen LogP contribution >= 0.6 is 31.9 Å². The van der Waals surface area contributed by atoms with Gasteiger partial charge in [0.25, 0.3) is 0 Å². The van der Waals surface area contributed by atoms with E-state index < -0.39 is 0 Å². The van der Waals surface area contributed by atoms with Gasteiger partial charge in [-0.25, -0.2) is 0 Å². The van der Waals surface area contributed by atoms with E-state index in [9.17, 15) is 0 Å². The highest BCUT2D eigenvalue weighted by Gasteiger charge is 2.51. The van der Waals surface area contributed by atoms with Gasteiger partial charge in [-0.15, -0.1) is 0 Å². The maximum absolute atomic E-state index is 5.95. The minimum atomic E-state index is 0.457. The Morgan fingerprint density at radius 2 is 1.47 bits per heavy atom. The number of aliphatic imine (C=N–C) groups is 1. The molecule has 34 heavy (non-hydrogen) atoms. The summed E-state index contributed by atoms with van der Waals surface area (Å²) in [7, 11) is 0. The lowest BCUT2D eigenvalue weighted by molar-refractivity contribution is -0.00518. The zero-order valence-corrected chi connectivity index (χ0v) is 22.4. The molecule has 4 saturated carbocycles. The van der Waals surface area contributed by atoms with Crippen LogP contribution in [0.25, 0.3) is 0 Å². The predicted octanol–water partition coefficient (Wildman–Crippen LogP) is 9.01. The van der Waals surface area contributed by atoms with Crippen molar-refractivity contribution in [1.82, 2.24) is 0 Å². The summed E-state index contributed by atoms with van der Waals surface area (Å²) in [5.41, 5.74) is 5.23. The minimum Gasteiger partial charge on any atom is -0.489 e. The van der Waals surface area contributed by atoms with Crippen molar-refractivity contribution in [2.24, 2.45) is 22.7 Å². The number of halogens is 2. The molecule has 4 fully saturated rings.